The minimum absolute atomic E-state index is 0.0670. The van der Waals surface area contributed by atoms with Crippen LogP contribution in [-0.4, -0.2) is 35.0 Å². The van der Waals surface area contributed by atoms with Crippen LogP contribution < -0.4 is 5.32 Å². The summed E-state index contributed by atoms with van der Waals surface area (Å²) in [6.45, 7) is 3.22. The first kappa shape index (κ1) is 17.5. The number of hydrogen-bond donors (Lipinski definition) is 1. The van der Waals surface area contributed by atoms with E-state index in [-0.39, 0.29) is 17.7 Å². The topological polar surface area (TPSA) is 75.4 Å². The van der Waals surface area contributed by atoms with E-state index in [2.05, 4.69) is 10.5 Å². The van der Waals surface area contributed by atoms with E-state index in [1.54, 1.807) is 35.2 Å². The SMILES string of the molecule is Cc1cc(CNC(=O)C2CCCN(C(=O)c3ccc(Cl)cc3)C2)on1. The Morgan fingerprint density at radius 1 is 1.36 bits per heavy atom. The van der Waals surface area contributed by atoms with Crippen LogP contribution in [-0.2, 0) is 11.3 Å². The lowest BCUT2D eigenvalue weighted by Crippen LogP contribution is -2.45. The number of hydrogen-bond acceptors (Lipinski definition) is 4. The summed E-state index contributed by atoms with van der Waals surface area (Å²) in [5.74, 6) is 0.271. The van der Waals surface area contributed by atoms with E-state index < -0.39 is 0 Å². The summed E-state index contributed by atoms with van der Waals surface area (Å²) in [4.78, 5) is 26.7. The van der Waals surface area contributed by atoms with Gasteiger partial charge in [-0.25, -0.2) is 0 Å². The Morgan fingerprint density at radius 2 is 2.12 bits per heavy atom. The van der Waals surface area contributed by atoms with Crippen molar-refractivity contribution >= 4 is 23.4 Å². The molecule has 1 aromatic carbocycles. The van der Waals surface area contributed by atoms with E-state index in [1.165, 1.54) is 0 Å². The number of amides is 2. The summed E-state index contributed by atoms with van der Waals surface area (Å²) < 4.78 is 5.09. The molecule has 1 aliphatic heterocycles. The van der Waals surface area contributed by atoms with Crippen LogP contribution in [0.2, 0.25) is 5.02 Å². The fourth-order valence-electron chi connectivity index (χ4n) is 2.97. The number of nitrogens with one attached hydrogen (secondary N) is 1. The summed E-state index contributed by atoms with van der Waals surface area (Å²) >= 11 is 5.86. The molecule has 2 aromatic rings. The number of nitrogens with zero attached hydrogens (tertiary/aromatic N) is 2. The van der Waals surface area contributed by atoms with Gasteiger partial charge in [-0.3, -0.25) is 9.59 Å². The first-order valence-electron chi connectivity index (χ1n) is 8.27. The van der Waals surface area contributed by atoms with Crippen LogP contribution in [0.25, 0.3) is 0 Å². The average molecular weight is 362 g/mol. The molecule has 25 heavy (non-hydrogen) atoms. The fourth-order valence-corrected chi connectivity index (χ4v) is 3.09. The van der Waals surface area contributed by atoms with Crippen molar-refractivity contribution < 1.29 is 14.1 Å². The molecule has 0 radical (unpaired) electrons. The number of likely N-dealkylation sites (tertiary alicyclic amines) is 1. The second-order valence-corrected chi connectivity index (χ2v) is 6.69. The highest BCUT2D eigenvalue weighted by Crippen LogP contribution is 2.20. The molecule has 3 rings (SSSR count). The minimum Gasteiger partial charge on any atom is -0.359 e. The van der Waals surface area contributed by atoms with E-state index in [9.17, 15) is 9.59 Å². The van der Waals surface area contributed by atoms with Gasteiger partial charge in [-0.2, -0.15) is 0 Å². The molecule has 1 aliphatic rings. The van der Waals surface area contributed by atoms with Crippen molar-refractivity contribution in [2.24, 2.45) is 5.92 Å². The lowest BCUT2D eigenvalue weighted by atomic mass is 9.96. The van der Waals surface area contributed by atoms with Gasteiger partial charge in [-0.1, -0.05) is 16.8 Å². The molecule has 1 fully saturated rings. The number of carbonyl (C=O) groups is 2. The Hall–Kier alpha value is -2.34. The molecule has 2 heterocycles. The first-order valence-corrected chi connectivity index (χ1v) is 8.65. The Morgan fingerprint density at radius 3 is 2.80 bits per heavy atom. The normalized spacial score (nSPS) is 17.4. The highest BCUT2D eigenvalue weighted by atomic mass is 35.5. The van der Waals surface area contributed by atoms with E-state index >= 15 is 0 Å². The number of halogens is 1. The Bertz CT molecular complexity index is 757. The van der Waals surface area contributed by atoms with E-state index in [1.807, 2.05) is 6.92 Å². The van der Waals surface area contributed by atoms with Gasteiger partial charge in [0.1, 0.15) is 0 Å². The van der Waals surface area contributed by atoms with Crippen molar-refractivity contribution in [3.8, 4) is 0 Å². The predicted molar refractivity (Wildman–Crippen MR) is 93.2 cm³/mol. The average Bonchev–Trinajstić information content (AvgIpc) is 3.05. The molecule has 0 spiro atoms. The van der Waals surface area contributed by atoms with Crippen LogP contribution >= 0.6 is 11.6 Å². The second-order valence-electron chi connectivity index (χ2n) is 6.25. The molecule has 1 N–H and O–H groups in total. The Labute approximate surface area is 151 Å². The van der Waals surface area contributed by atoms with E-state index in [0.717, 1.165) is 18.5 Å². The highest BCUT2D eigenvalue weighted by molar-refractivity contribution is 6.30. The maximum Gasteiger partial charge on any atom is 0.253 e. The van der Waals surface area contributed by atoms with Crippen LogP contribution in [0.4, 0.5) is 0 Å². The van der Waals surface area contributed by atoms with Crippen LogP contribution in [0.1, 0.15) is 34.7 Å². The molecule has 1 saturated heterocycles. The molecule has 1 aromatic heterocycles. The zero-order chi connectivity index (χ0) is 17.8. The summed E-state index contributed by atoms with van der Waals surface area (Å²) in [5.41, 5.74) is 1.37. The van der Waals surface area contributed by atoms with Crippen molar-refractivity contribution in [3.63, 3.8) is 0 Å². The van der Waals surface area contributed by atoms with Gasteiger partial charge in [0, 0.05) is 29.7 Å². The van der Waals surface area contributed by atoms with Crippen LogP contribution in [0.3, 0.4) is 0 Å². The van der Waals surface area contributed by atoms with E-state index in [0.29, 0.717) is 36.0 Å². The third-order valence-electron chi connectivity index (χ3n) is 4.28. The zero-order valence-corrected chi connectivity index (χ0v) is 14.8. The Kier molecular flexibility index (Phi) is 5.38. The smallest absolute Gasteiger partial charge is 0.253 e. The van der Waals surface area contributed by atoms with Crippen LogP contribution in [0.15, 0.2) is 34.9 Å². The molecule has 1 atom stereocenters. The minimum atomic E-state index is -0.214. The number of aromatic nitrogens is 1. The second kappa shape index (κ2) is 7.70. The van der Waals surface area contributed by atoms with Gasteiger partial charge in [-0.05, 0) is 44.0 Å². The van der Waals surface area contributed by atoms with Gasteiger partial charge in [0.25, 0.3) is 5.91 Å². The van der Waals surface area contributed by atoms with Gasteiger partial charge < -0.3 is 14.7 Å². The molecule has 132 valence electrons. The molecule has 0 saturated carbocycles. The van der Waals surface area contributed by atoms with E-state index in [4.69, 9.17) is 16.1 Å². The number of benzene rings is 1. The molecular weight excluding hydrogens is 342 g/mol. The lowest BCUT2D eigenvalue weighted by molar-refractivity contribution is -0.126. The number of carbonyl (C=O) groups excluding carboxylic acids is 2. The van der Waals surface area contributed by atoms with Crippen molar-refractivity contribution in [2.45, 2.75) is 26.3 Å². The van der Waals surface area contributed by atoms with Crippen molar-refractivity contribution in [3.05, 3.63) is 52.4 Å². The van der Waals surface area contributed by atoms with Gasteiger partial charge in [0.05, 0.1) is 18.2 Å². The molecule has 7 heteroatoms. The van der Waals surface area contributed by atoms with Crippen molar-refractivity contribution in [1.82, 2.24) is 15.4 Å². The first-order chi connectivity index (χ1) is 12.0. The molecular formula is C18H20ClN3O3. The van der Waals surface area contributed by atoms with Crippen LogP contribution in [0, 0.1) is 12.8 Å². The summed E-state index contributed by atoms with van der Waals surface area (Å²) in [6.07, 6.45) is 1.57. The lowest BCUT2D eigenvalue weighted by Gasteiger charge is -2.32. The molecule has 6 nitrogen and oxygen atoms in total. The predicted octanol–water partition coefficient (Wildman–Crippen LogP) is 2.81. The molecule has 2 amide bonds. The van der Waals surface area contributed by atoms with Crippen molar-refractivity contribution in [1.29, 1.82) is 0 Å². The third-order valence-corrected chi connectivity index (χ3v) is 4.54. The number of piperidine rings is 1. The van der Waals surface area contributed by atoms with Gasteiger partial charge >= 0.3 is 0 Å². The summed E-state index contributed by atoms with van der Waals surface area (Å²) in [7, 11) is 0. The maximum atomic E-state index is 12.6. The third kappa shape index (κ3) is 4.39. The summed E-state index contributed by atoms with van der Waals surface area (Å²) in [6, 6.07) is 8.60. The summed E-state index contributed by atoms with van der Waals surface area (Å²) in [5, 5.41) is 7.25. The molecule has 0 bridgehead atoms. The Balaban J connectivity index is 1.57. The number of aryl methyl sites for hydroxylation is 1. The standard InChI is InChI=1S/C18H20ClN3O3/c1-12-9-16(25-21-12)10-20-17(23)14-3-2-8-22(11-14)18(24)13-4-6-15(19)7-5-13/h4-7,9,14H,2-3,8,10-11H2,1H3,(H,20,23). The van der Waals surface area contributed by atoms with Crippen molar-refractivity contribution in [2.75, 3.05) is 13.1 Å². The maximum absolute atomic E-state index is 12.6. The fraction of sp³-hybridized carbons (Fsp3) is 0.389. The molecule has 0 aliphatic carbocycles. The monoisotopic (exact) mass is 361 g/mol. The van der Waals surface area contributed by atoms with Gasteiger partial charge in [0.2, 0.25) is 5.91 Å². The highest BCUT2D eigenvalue weighted by Gasteiger charge is 2.28. The van der Waals surface area contributed by atoms with Crippen LogP contribution in [0.5, 0.6) is 0 Å². The quantitative estimate of drug-likeness (QED) is 0.908. The number of rotatable bonds is 4. The van der Waals surface area contributed by atoms with Gasteiger partial charge in [0.15, 0.2) is 5.76 Å². The largest absolute Gasteiger partial charge is 0.359 e. The van der Waals surface area contributed by atoms with Gasteiger partial charge in [-0.15, -0.1) is 0 Å². The zero-order valence-electron chi connectivity index (χ0n) is 14.0. The molecule has 1 unspecified atom stereocenters.